The molecule has 2 aliphatic heterocycles. The molecule has 0 aromatic heterocycles. The molecule has 2 amide bonds. The number of piperidine rings is 1. The van der Waals surface area contributed by atoms with Gasteiger partial charge in [0.25, 0.3) is 5.91 Å². The first-order valence-corrected chi connectivity index (χ1v) is 6.30. The SMILES string of the molecule is C=C1NC(=O)CCC1N1C(=C)c2cc(F)ccc2C1=O. The lowest BCUT2D eigenvalue weighted by Crippen LogP contribution is -2.45. The summed E-state index contributed by atoms with van der Waals surface area (Å²) in [6.45, 7) is 7.68. The van der Waals surface area contributed by atoms with Gasteiger partial charge >= 0.3 is 0 Å². The van der Waals surface area contributed by atoms with Crippen molar-refractivity contribution in [3.63, 3.8) is 0 Å². The first-order chi connectivity index (χ1) is 9.49. The Bertz CT molecular complexity index is 666. The number of rotatable bonds is 1. The summed E-state index contributed by atoms with van der Waals surface area (Å²) in [5.41, 5.74) is 1.86. The maximum Gasteiger partial charge on any atom is 0.259 e. The summed E-state index contributed by atoms with van der Waals surface area (Å²) in [6, 6.07) is 3.69. The lowest BCUT2D eigenvalue weighted by molar-refractivity contribution is -0.121. The van der Waals surface area contributed by atoms with Crippen LogP contribution in [0.3, 0.4) is 0 Å². The molecule has 0 aliphatic carbocycles. The average Bonchev–Trinajstić information content (AvgIpc) is 2.63. The third kappa shape index (κ3) is 1.74. The molecule has 1 atom stereocenters. The molecule has 1 aromatic carbocycles. The van der Waals surface area contributed by atoms with Gasteiger partial charge < -0.3 is 5.32 Å². The standard InChI is InChI=1S/C15H13FN2O2/c1-8-13(5-6-14(19)17-8)18-9(2)12-7-10(16)3-4-11(12)15(18)20/h3-4,7,13H,1-2,5-6H2,(H,17,19). The Morgan fingerprint density at radius 3 is 2.70 bits per heavy atom. The number of carbonyl (C=O) groups excluding carboxylic acids is 2. The summed E-state index contributed by atoms with van der Waals surface area (Å²) in [6.07, 6.45) is 0.817. The number of hydrogen-bond donors (Lipinski definition) is 1. The number of benzene rings is 1. The first-order valence-electron chi connectivity index (χ1n) is 6.30. The lowest BCUT2D eigenvalue weighted by Gasteiger charge is -2.33. The molecule has 1 saturated heterocycles. The second-order valence-corrected chi connectivity index (χ2v) is 4.94. The van der Waals surface area contributed by atoms with E-state index in [0.717, 1.165) is 0 Å². The van der Waals surface area contributed by atoms with E-state index >= 15 is 0 Å². The molecule has 1 unspecified atom stereocenters. The van der Waals surface area contributed by atoms with Gasteiger partial charge in [0.2, 0.25) is 5.91 Å². The minimum atomic E-state index is -0.407. The van der Waals surface area contributed by atoms with E-state index in [4.69, 9.17) is 0 Å². The van der Waals surface area contributed by atoms with Crippen molar-refractivity contribution in [2.24, 2.45) is 0 Å². The van der Waals surface area contributed by atoms with Crippen LogP contribution in [0.25, 0.3) is 5.70 Å². The van der Waals surface area contributed by atoms with E-state index in [1.54, 1.807) is 0 Å². The van der Waals surface area contributed by atoms with Gasteiger partial charge in [0.15, 0.2) is 0 Å². The van der Waals surface area contributed by atoms with Crippen molar-refractivity contribution in [2.45, 2.75) is 18.9 Å². The normalized spacial score (nSPS) is 22.1. The van der Waals surface area contributed by atoms with Gasteiger partial charge in [0, 0.05) is 28.9 Å². The summed E-state index contributed by atoms with van der Waals surface area (Å²) in [7, 11) is 0. The topological polar surface area (TPSA) is 49.4 Å². The molecule has 2 aliphatic rings. The molecule has 1 fully saturated rings. The molecule has 0 spiro atoms. The van der Waals surface area contributed by atoms with Crippen molar-refractivity contribution in [1.82, 2.24) is 10.2 Å². The van der Waals surface area contributed by atoms with Gasteiger partial charge in [-0.15, -0.1) is 0 Å². The highest BCUT2D eigenvalue weighted by atomic mass is 19.1. The van der Waals surface area contributed by atoms with Crippen molar-refractivity contribution >= 4 is 17.5 Å². The molecular weight excluding hydrogens is 259 g/mol. The maximum absolute atomic E-state index is 13.3. The van der Waals surface area contributed by atoms with E-state index in [-0.39, 0.29) is 17.9 Å². The fraction of sp³-hybridized carbons (Fsp3) is 0.200. The second-order valence-electron chi connectivity index (χ2n) is 4.94. The number of carbonyl (C=O) groups is 2. The molecule has 0 saturated carbocycles. The Labute approximate surface area is 115 Å². The third-order valence-corrected chi connectivity index (χ3v) is 3.69. The number of halogens is 1. The summed E-state index contributed by atoms with van der Waals surface area (Å²) in [5, 5.41) is 2.64. The van der Waals surface area contributed by atoms with Crippen LogP contribution < -0.4 is 5.32 Å². The molecule has 0 radical (unpaired) electrons. The van der Waals surface area contributed by atoms with E-state index in [2.05, 4.69) is 18.5 Å². The van der Waals surface area contributed by atoms with Crippen LogP contribution in [0.2, 0.25) is 0 Å². The molecule has 3 rings (SSSR count). The zero-order valence-electron chi connectivity index (χ0n) is 10.8. The minimum absolute atomic E-state index is 0.105. The van der Waals surface area contributed by atoms with Crippen LogP contribution in [0, 0.1) is 5.82 Å². The lowest BCUT2D eigenvalue weighted by atomic mass is 10.0. The van der Waals surface area contributed by atoms with Crippen molar-refractivity contribution in [3.05, 3.63) is 54.0 Å². The van der Waals surface area contributed by atoms with Crippen LogP contribution in [0.1, 0.15) is 28.8 Å². The zero-order chi connectivity index (χ0) is 14.4. The summed E-state index contributed by atoms with van der Waals surface area (Å²) >= 11 is 0. The van der Waals surface area contributed by atoms with Gasteiger partial charge in [-0.25, -0.2) is 4.39 Å². The number of fused-ring (bicyclic) bond motifs is 1. The van der Waals surface area contributed by atoms with E-state index < -0.39 is 5.82 Å². The molecule has 2 heterocycles. The zero-order valence-corrected chi connectivity index (χ0v) is 10.8. The molecule has 1 N–H and O–H groups in total. The van der Waals surface area contributed by atoms with Crippen LogP contribution in [0.15, 0.2) is 37.1 Å². The average molecular weight is 272 g/mol. The highest BCUT2D eigenvalue weighted by molar-refractivity contribution is 6.09. The van der Waals surface area contributed by atoms with Crippen molar-refractivity contribution in [1.29, 1.82) is 0 Å². The smallest absolute Gasteiger partial charge is 0.259 e. The molecule has 1 aromatic rings. The Morgan fingerprint density at radius 1 is 1.25 bits per heavy atom. The van der Waals surface area contributed by atoms with Crippen LogP contribution in [-0.2, 0) is 4.79 Å². The summed E-state index contributed by atoms with van der Waals surface area (Å²) < 4.78 is 13.3. The summed E-state index contributed by atoms with van der Waals surface area (Å²) in [5.74, 6) is -0.741. The van der Waals surface area contributed by atoms with Crippen molar-refractivity contribution < 1.29 is 14.0 Å². The predicted octanol–water partition coefficient (Wildman–Crippen LogP) is 2.04. The van der Waals surface area contributed by atoms with Gasteiger partial charge in [0.1, 0.15) is 5.82 Å². The van der Waals surface area contributed by atoms with E-state index in [1.807, 2.05) is 0 Å². The first kappa shape index (κ1) is 12.6. The third-order valence-electron chi connectivity index (χ3n) is 3.69. The van der Waals surface area contributed by atoms with Crippen molar-refractivity contribution in [3.8, 4) is 0 Å². The quantitative estimate of drug-likeness (QED) is 0.850. The molecule has 20 heavy (non-hydrogen) atoms. The van der Waals surface area contributed by atoms with Crippen LogP contribution in [-0.4, -0.2) is 22.8 Å². The van der Waals surface area contributed by atoms with Crippen LogP contribution in [0.4, 0.5) is 4.39 Å². The molecule has 102 valence electrons. The van der Waals surface area contributed by atoms with E-state index in [1.165, 1.54) is 23.1 Å². The Kier molecular flexibility index (Phi) is 2.71. The second kappa shape index (κ2) is 4.30. The monoisotopic (exact) mass is 272 g/mol. The number of hydrogen-bond acceptors (Lipinski definition) is 2. The summed E-state index contributed by atoms with van der Waals surface area (Å²) in [4.78, 5) is 25.2. The highest BCUT2D eigenvalue weighted by Gasteiger charge is 2.39. The predicted molar refractivity (Wildman–Crippen MR) is 71.9 cm³/mol. The molecule has 4 nitrogen and oxygen atoms in total. The number of nitrogens with one attached hydrogen (secondary N) is 1. The number of amides is 2. The van der Waals surface area contributed by atoms with Crippen LogP contribution >= 0.6 is 0 Å². The Hall–Kier alpha value is -2.43. The van der Waals surface area contributed by atoms with Crippen LogP contribution in [0.5, 0.6) is 0 Å². The fourth-order valence-electron chi connectivity index (χ4n) is 2.71. The van der Waals surface area contributed by atoms with Gasteiger partial charge in [-0.2, -0.15) is 0 Å². The number of nitrogens with zero attached hydrogens (tertiary/aromatic N) is 1. The molecule has 5 heteroatoms. The van der Waals surface area contributed by atoms with Gasteiger partial charge in [0.05, 0.1) is 6.04 Å². The Balaban J connectivity index is 1.97. The molecular formula is C15H13FN2O2. The maximum atomic E-state index is 13.3. The van der Waals surface area contributed by atoms with Crippen molar-refractivity contribution in [2.75, 3.05) is 0 Å². The van der Waals surface area contributed by atoms with Gasteiger partial charge in [-0.3, -0.25) is 14.5 Å². The largest absolute Gasteiger partial charge is 0.328 e. The van der Waals surface area contributed by atoms with Gasteiger partial charge in [-0.1, -0.05) is 13.2 Å². The minimum Gasteiger partial charge on any atom is -0.328 e. The highest BCUT2D eigenvalue weighted by Crippen LogP contribution is 2.36. The fourth-order valence-corrected chi connectivity index (χ4v) is 2.71. The Morgan fingerprint density at radius 2 is 2.00 bits per heavy atom. The van der Waals surface area contributed by atoms with E-state index in [9.17, 15) is 14.0 Å². The molecule has 0 bridgehead atoms. The van der Waals surface area contributed by atoms with E-state index in [0.29, 0.717) is 35.4 Å². The van der Waals surface area contributed by atoms with Gasteiger partial charge in [-0.05, 0) is 24.6 Å².